The largest absolute Gasteiger partial charge is 0.483 e. The van der Waals surface area contributed by atoms with E-state index in [4.69, 9.17) is 16.3 Å². The van der Waals surface area contributed by atoms with Crippen LogP contribution in [0.15, 0.2) is 72.3 Å². The van der Waals surface area contributed by atoms with Crippen LogP contribution in [0.1, 0.15) is 11.1 Å². The number of carbonyl (C=O) groups is 4. The molecule has 12 heteroatoms. The van der Waals surface area contributed by atoms with Gasteiger partial charge in [0, 0.05) is 28.4 Å². The molecule has 0 radical (unpaired) electrons. The molecule has 0 saturated carbocycles. The molecule has 5 amide bonds. The first kappa shape index (κ1) is 26.0. The third kappa shape index (κ3) is 5.68. The summed E-state index contributed by atoms with van der Waals surface area (Å²) < 4.78 is 5.63. The number of nitro groups is 1. The fourth-order valence-electron chi connectivity index (χ4n) is 3.51. The fourth-order valence-corrected chi connectivity index (χ4v) is 3.69. The standard InChI is InChI=1S/C26H19ClN4O7/c1-15-6-7-17(13-21(15)27)28-23(32)14-38-22-5-3-2-4-16(22)12-20-24(33)29-26(35)30(25(20)34)18-8-10-19(11-9-18)31(36)37/h2-13H,14H2,1H3,(H,28,32)(H,29,33,35)/b20-12-. The van der Waals surface area contributed by atoms with Gasteiger partial charge in [0.15, 0.2) is 6.61 Å². The summed E-state index contributed by atoms with van der Waals surface area (Å²) in [6.45, 7) is 1.46. The Balaban J connectivity index is 1.53. The van der Waals surface area contributed by atoms with Gasteiger partial charge in [-0.25, -0.2) is 9.69 Å². The van der Waals surface area contributed by atoms with Gasteiger partial charge in [0.1, 0.15) is 11.3 Å². The van der Waals surface area contributed by atoms with Crippen LogP contribution in [-0.2, 0) is 14.4 Å². The lowest BCUT2D eigenvalue weighted by Crippen LogP contribution is -2.54. The number of rotatable bonds is 7. The van der Waals surface area contributed by atoms with Crippen LogP contribution in [0, 0.1) is 17.0 Å². The number of nitrogens with zero attached hydrogens (tertiary/aromatic N) is 2. The van der Waals surface area contributed by atoms with Crippen LogP contribution in [0.2, 0.25) is 5.02 Å². The molecule has 0 unspecified atom stereocenters. The molecule has 3 aromatic rings. The van der Waals surface area contributed by atoms with Gasteiger partial charge in [0.05, 0.1) is 10.6 Å². The van der Waals surface area contributed by atoms with Crippen LogP contribution in [-0.4, -0.2) is 35.3 Å². The maximum atomic E-state index is 13.1. The Morgan fingerprint density at radius 2 is 1.82 bits per heavy atom. The number of nitro benzene ring substituents is 1. The normalized spacial score (nSPS) is 14.3. The molecule has 1 heterocycles. The lowest BCUT2D eigenvalue weighted by molar-refractivity contribution is -0.384. The van der Waals surface area contributed by atoms with Gasteiger partial charge < -0.3 is 10.1 Å². The quantitative estimate of drug-likeness (QED) is 0.199. The van der Waals surface area contributed by atoms with Crippen molar-refractivity contribution in [3.8, 4) is 5.75 Å². The number of benzene rings is 3. The molecule has 0 aromatic heterocycles. The number of amides is 5. The molecule has 192 valence electrons. The summed E-state index contributed by atoms with van der Waals surface area (Å²) in [4.78, 5) is 61.4. The maximum absolute atomic E-state index is 13.1. The third-order valence-electron chi connectivity index (χ3n) is 5.45. The van der Waals surface area contributed by atoms with Crippen LogP contribution in [0.5, 0.6) is 5.75 Å². The highest BCUT2D eigenvalue weighted by Gasteiger charge is 2.37. The van der Waals surface area contributed by atoms with Crippen molar-refractivity contribution in [3.63, 3.8) is 0 Å². The van der Waals surface area contributed by atoms with Gasteiger partial charge in [0.2, 0.25) is 0 Å². The van der Waals surface area contributed by atoms with Gasteiger partial charge in [-0.05, 0) is 48.9 Å². The fraction of sp³-hybridized carbons (Fsp3) is 0.0769. The van der Waals surface area contributed by atoms with Gasteiger partial charge in [-0.3, -0.25) is 29.8 Å². The number of urea groups is 1. The Morgan fingerprint density at radius 3 is 2.50 bits per heavy atom. The Kier molecular flexibility index (Phi) is 7.49. The summed E-state index contributed by atoms with van der Waals surface area (Å²) in [6.07, 6.45) is 1.23. The van der Waals surface area contributed by atoms with E-state index in [1.165, 1.54) is 18.2 Å². The van der Waals surface area contributed by atoms with Crippen LogP contribution < -0.4 is 20.3 Å². The Labute approximate surface area is 220 Å². The van der Waals surface area contributed by atoms with E-state index >= 15 is 0 Å². The number of non-ortho nitro benzene ring substituents is 1. The number of barbiturate groups is 1. The number of imide groups is 2. The average molecular weight is 535 g/mol. The van der Waals surface area contributed by atoms with E-state index in [2.05, 4.69) is 10.6 Å². The van der Waals surface area contributed by atoms with Gasteiger partial charge >= 0.3 is 6.03 Å². The van der Waals surface area contributed by atoms with Gasteiger partial charge in [-0.2, -0.15) is 0 Å². The average Bonchev–Trinajstić information content (AvgIpc) is 2.88. The highest BCUT2D eigenvalue weighted by molar-refractivity contribution is 6.39. The zero-order chi connectivity index (χ0) is 27.4. The predicted molar refractivity (Wildman–Crippen MR) is 139 cm³/mol. The number of carbonyl (C=O) groups excluding carboxylic acids is 4. The number of aryl methyl sites for hydroxylation is 1. The summed E-state index contributed by atoms with van der Waals surface area (Å²) in [6, 6.07) is 15.2. The number of hydrogen-bond acceptors (Lipinski definition) is 7. The molecule has 0 bridgehead atoms. The molecule has 38 heavy (non-hydrogen) atoms. The highest BCUT2D eigenvalue weighted by Crippen LogP contribution is 2.27. The van der Waals surface area contributed by atoms with Crippen molar-refractivity contribution in [3.05, 3.63) is 98.6 Å². The minimum atomic E-state index is -0.997. The lowest BCUT2D eigenvalue weighted by Gasteiger charge is -2.26. The van der Waals surface area contributed by atoms with Crippen molar-refractivity contribution in [2.75, 3.05) is 16.8 Å². The summed E-state index contributed by atoms with van der Waals surface area (Å²) in [5, 5.41) is 16.2. The topological polar surface area (TPSA) is 148 Å². The molecule has 0 aliphatic carbocycles. The zero-order valence-electron chi connectivity index (χ0n) is 19.8. The highest BCUT2D eigenvalue weighted by atomic mass is 35.5. The number of para-hydroxylation sites is 1. The molecular formula is C26H19ClN4O7. The molecule has 1 fully saturated rings. The molecule has 11 nitrogen and oxygen atoms in total. The smallest absolute Gasteiger partial charge is 0.335 e. The molecule has 1 saturated heterocycles. The molecular weight excluding hydrogens is 516 g/mol. The minimum absolute atomic E-state index is 0.0360. The first-order valence-corrected chi connectivity index (χ1v) is 11.5. The second-order valence-electron chi connectivity index (χ2n) is 8.07. The van der Waals surface area contributed by atoms with E-state index in [9.17, 15) is 29.3 Å². The van der Waals surface area contributed by atoms with Crippen molar-refractivity contribution in [2.45, 2.75) is 6.92 Å². The van der Waals surface area contributed by atoms with E-state index < -0.39 is 28.7 Å². The summed E-state index contributed by atoms with van der Waals surface area (Å²) in [5.74, 6) is -2.12. The Bertz CT molecular complexity index is 1500. The van der Waals surface area contributed by atoms with Crippen molar-refractivity contribution in [1.29, 1.82) is 0 Å². The number of anilines is 2. The van der Waals surface area contributed by atoms with Crippen LogP contribution in [0.3, 0.4) is 0 Å². The van der Waals surface area contributed by atoms with Crippen molar-refractivity contribution >= 4 is 58.5 Å². The SMILES string of the molecule is Cc1ccc(NC(=O)COc2ccccc2/C=C2/C(=O)NC(=O)N(c3ccc([N+](=O)[O-])cc3)C2=O)cc1Cl. The molecule has 4 rings (SSSR count). The van der Waals surface area contributed by atoms with Crippen molar-refractivity contribution in [1.82, 2.24) is 5.32 Å². The Hall–Kier alpha value is -5.03. The van der Waals surface area contributed by atoms with Gasteiger partial charge in [0.25, 0.3) is 23.4 Å². The predicted octanol–water partition coefficient (Wildman–Crippen LogP) is 4.24. The monoisotopic (exact) mass is 534 g/mol. The molecule has 1 aliphatic rings. The van der Waals surface area contributed by atoms with E-state index in [1.54, 1.807) is 42.5 Å². The number of nitrogens with one attached hydrogen (secondary N) is 2. The van der Waals surface area contributed by atoms with E-state index in [-0.39, 0.29) is 29.3 Å². The second-order valence-corrected chi connectivity index (χ2v) is 8.48. The summed E-state index contributed by atoms with van der Waals surface area (Å²) in [5.41, 5.74) is 1.08. The lowest BCUT2D eigenvalue weighted by atomic mass is 10.1. The Morgan fingerprint density at radius 1 is 1.11 bits per heavy atom. The number of halogens is 1. The van der Waals surface area contributed by atoms with Crippen LogP contribution in [0.4, 0.5) is 21.9 Å². The zero-order valence-corrected chi connectivity index (χ0v) is 20.5. The molecule has 3 aromatic carbocycles. The van der Waals surface area contributed by atoms with Crippen molar-refractivity contribution < 1.29 is 28.8 Å². The molecule has 0 spiro atoms. The summed E-state index contributed by atoms with van der Waals surface area (Å²) >= 11 is 6.08. The minimum Gasteiger partial charge on any atom is -0.483 e. The number of ether oxygens (including phenoxy) is 1. The molecule has 2 N–H and O–H groups in total. The third-order valence-corrected chi connectivity index (χ3v) is 5.86. The second kappa shape index (κ2) is 10.9. The van der Waals surface area contributed by atoms with Crippen molar-refractivity contribution in [2.24, 2.45) is 0 Å². The van der Waals surface area contributed by atoms with E-state index in [0.717, 1.165) is 17.7 Å². The summed E-state index contributed by atoms with van der Waals surface area (Å²) in [7, 11) is 0. The number of hydrogen-bond donors (Lipinski definition) is 2. The first-order chi connectivity index (χ1) is 18.1. The van der Waals surface area contributed by atoms with Crippen LogP contribution in [0.25, 0.3) is 6.08 Å². The van der Waals surface area contributed by atoms with Gasteiger partial charge in [-0.1, -0.05) is 35.9 Å². The van der Waals surface area contributed by atoms with Gasteiger partial charge in [-0.15, -0.1) is 0 Å². The van der Waals surface area contributed by atoms with E-state index in [0.29, 0.717) is 21.2 Å². The maximum Gasteiger partial charge on any atom is 0.335 e. The molecule has 1 aliphatic heterocycles. The van der Waals surface area contributed by atoms with E-state index in [1.807, 2.05) is 6.92 Å². The molecule has 0 atom stereocenters. The first-order valence-electron chi connectivity index (χ1n) is 11.1. The van der Waals surface area contributed by atoms with Crippen LogP contribution >= 0.6 is 11.6 Å².